The van der Waals surface area contributed by atoms with Gasteiger partial charge in [0.05, 0.1) is 11.9 Å². The molecule has 10 heteroatoms. The fraction of sp³-hybridized carbons (Fsp3) is 0.556. The van der Waals surface area contributed by atoms with Crippen LogP contribution in [0.5, 0.6) is 0 Å². The van der Waals surface area contributed by atoms with Gasteiger partial charge in [0, 0.05) is 18.8 Å². The minimum atomic E-state index is -0.779. The number of aliphatic imine (C=N–C) groups is 1. The highest BCUT2D eigenvalue weighted by Crippen LogP contribution is 2.24. The number of carbonyl (C=O) groups is 2. The molecule has 0 spiro atoms. The SMILES string of the molecule is CC(C)(C)CC(Nc1cnc(C(N)=O)c(N=C(C=N)CNC2CC2)n1)C(N)=O. The average molecular weight is 388 g/mol. The number of primary amides is 2. The topological polar surface area (TPSA) is 172 Å². The molecule has 1 saturated carbocycles. The van der Waals surface area contributed by atoms with E-state index in [0.717, 1.165) is 19.1 Å². The van der Waals surface area contributed by atoms with Gasteiger partial charge in [-0.15, -0.1) is 0 Å². The zero-order chi connectivity index (χ0) is 20.9. The van der Waals surface area contributed by atoms with Gasteiger partial charge in [-0.05, 0) is 24.7 Å². The molecule has 10 nitrogen and oxygen atoms in total. The summed E-state index contributed by atoms with van der Waals surface area (Å²) in [4.78, 5) is 36.0. The molecule has 0 radical (unpaired) electrons. The highest BCUT2D eigenvalue weighted by molar-refractivity contribution is 6.31. The molecule has 1 aliphatic carbocycles. The van der Waals surface area contributed by atoms with Gasteiger partial charge in [0.25, 0.3) is 5.91 Å². The maximum Gasteiger partial charge on any atom is 0.271 e. The number of amides is 2. The monoisotopic (exact) mass is 388 g/mol. The highest BCUT2D eigenvalue weighted by Gasteiger charge is 2.24. The van der Waals surface area contributed by atoms with E-state index in [9.17, 15) is 9.59 Å². The van der Waals surface area contributed by atoms with E-state index in [2.05, 4.69) is 25.6 Å². The zero-order valence-corrected chi connectivity index (χ0v) is 16.5. The second-order valence-electron chi connectivity index (χ2n) is 8.06. The number of rotatable bonds is 10. The number of nitrogens with zero attached hydrogens (tertiary/aromatic N) is 3. The maximum atomic E-state index is 11.8. The Balaban J connectivity index is 2.28. The molecule has 0 bridgehead atoms. The molecule has 1 fully saturated rings. The second-order valence-corrected chi connectivity index (χ2v) is 8.06. The molecule has 1 aromatic rings. The number of aromatic nitrogens is 2. The highest BCUT2D eigenvalue weighted by atomic mass is 16.1. The van der Waals surface area contributed by atoms with Gasteiger partial charge in [-0.25, -0.2) is 15.0 Å². The van der Waals surface area contributed by atoms with Gasteiger partial charge in [0.2, 0.25) is 5.91 Å². The van der Waals surface area contributed by atoms with Crippen LogP contribution in [0.25, 0.3) is 0 Å². The summed E-state index contributed by atoms with van der Waals surface area (Å²) in [7, 11) is 0. The first-order valence-corrected chi connectivity index (χ1v) is 9.13. The van der Waals surface area contributed by atoms with Crippen molar-refractivity contribution in [3.63, 3.8) is 0 Å². The maximum absolute atomic E-state index is 11.8. The van der Waals surface area contributed by atoms with Crippen molar-refractivity contribution in [1.29, 1.82) is 5.41 Å². The van der Waals surface area contributed by atoms with E-state index < -0.39 is 17.9 Å². The Morgan fingerprint density at radius 1 is 1.39 bits per heavy atom. The van der Waals surface area contributed by atoms with Crippen LogP contribution in [-0.2, 0) is 4.79 Å². The lowest BCUT2D eigenvalue weighted by atomic mass is 9.88. The number of carbonyl (C=O) groups excluding carboxylic acids is 2. The van der Waals surface area contributed by atoms with Crippen LogP contribution in [0, 0.1) is 10.8 Å². The number of nitrogens with one attached hydrogen (secondary N) is 3. The molecule has 7 N–H and O–H groups in total. The van der Waals surface area contributed by atoms with Gasteiger partial charge in [0.1, 0.15) is 11.9 Å². The molecule has 2 amide bonds. The van der Waals surface area contributed by atoms with E-state index in [1.807, 2.05) is 20.8 Å². The van der Waals surface area contributed by atoms with Crippen molar-refractivity contribution >= 4 is 35.4 Å². The van der Waals surface area contributed by atoms with Crippen molar-refractivity contribution < 1.29 is 9.59 Å². The van der Waals surface area contributed by atoms with Crippen molar-refractivity contribution in [2.45, 2.75) is 52.1 Å². The number of nitrogens with two attached hydrogens (primary N) is 2. The fourth-order valence-electron chi connectivity index (χ4n) is 2.51. The average Bonchev–Trinajstić information content (AvgIpc) is 3.41. The van der Waals surface area contributed by atoms with Crippen LogP contribution in [0.2, 0.25) is 0 Å². The van der Waals surface area contributed by atoms with Gasteiger partial charge in [0.15, 0.2) is 11.5 Å². The first-order chi connectivity index (χ1) is 13.1. The molecule has 1 aliphatic rings. The minimum absolute atomic E-state index is 0.00687. The lowest BCUT2D eigenvalue weighted by Crippen LogP contribution is -2.38. The normalized spacial score (nSPS) is 15.8. The van der Waals surface area contributed by atoms with E-state index in [-0.39, 0.29) is 22.7 Å². The largest absolute Gasteiger partial charge is 0.368 e. The Hall–Kier alpha value is -2.88. The van der Waals surface area contributed by atoms with E-state index in [1.165, 1.54) is 6.20 Å². The summed E-state index contributed by atoms with van der Waals surface area (Å²) in [5.74, 6) is -1.06. The molecule has 152 valence electrons. The third kappa shape index (κ3) is 6.69. The quantitative estimate of drug-likeness (QED) is 0.370. The zero-order valence-electron chi connectivity index (χ0n) is 16.5. The Morgan fingerprint density at radius 2 is 2.07 bits per heavy atom. The van der Waals surface area contributed by atoms with Gasteiger partial charge < -0.3 is 27.5 Å². The van der Waals surface area contributed by atoms with E-state index in [4.69, 9.17) is 16.9 Å². The molecular weight excluding hydrogens is 360 g/mol. The molecule has 1 heterocycles. The molecule has 0 aromatic carbocycles. The summed E-state index contributed by atoms with van der Waals surface area (Å²) in [5, 5.41) is 13.7. The van der Waals surface area contributed by atoms with Crippen LogP contribution < -0.4 is 22.1 Å². The number of anilines is 1. The van der Waals surface area contributed by atoms with Crippen LogP contribution in [-0.4, -0.2) is 52.3 Å². The molecular formula is C18H28N8O2. The van der Waals surface area contributed by atoms with E-state index >= 15 is 0 Å². The summed E-state index contributed by atoms with van der Waals surface area (Å²) in [6.45, 7) is 6.35. The van der Waals surface area contributed by atoms with Crippen LogP contribution >= 0.6 is 0 Å². The summed E-state index contributed by atoms with van der Waals surface area (Å²) in [6, 6.07) is -0.224. The lowest BCUT2D eigenvalue weighted by molar-refractivity contribution is -0.119. The van der Waals surface area contributed by atoms with Crippen molar-refractivity contribution in [3.05, 3.63) is 11.9 Å². The molecule has 28 heavy (non-hydrogen) atoms. The standard InChI is InChI=1S/C18H28N8O2/c1-18(2,3)6-12(15(20)27)25-13-9-23-14(16(21)28)17(26-13)24-11(7-19)8-22-10-4-5-10/h7,9-10,12,19,22H,4-6,8H2,1-3H3,(H2,20,27)(H2,21,28)(H,25,26). The van der Waals surface area contributed by atoms with Crippen molar-refractivity contribution in [1.82, 2.24) is 15.3 Å². The van der Waals surface area contributed by atoms with Crippen LogP contribution in [0.1, 0.15) is 50.5 Å². The van der Waals surface area contributed by atoms with Gasteiger partial charge in [-0.1, -0.05) is 20.8 Å². The third-order valence-electron chi connectivity index (χ3n) is 4.03. The Kier molecular flexibility index (Phi) is 6.79. The molecule has 0 saturated heterocycles. The molecule has 1 atom stereocenters. The molecule has 0 aliphatic heterocycles. The first-order valence-electron chi connectivity index (χ1n) is 9.13. The Bertz CT molecular complexity index is 780. The Morgan fingerprint density at radius 3 is 2.57 bits per heavy atom. The predicted molar refractivity (Wildman–Crippen MR) is 108 cm³/mol. The smallest absolute Gasteiger partial charge is 0.271 e. The van der Waals surface area contributed by atoms with Gasteiger partial charge in [-0.2, -0.15) is 0 Å². The summed E-state index contributed by atoms with van der Waals surface area (Å²) in [6.07, 6.45) is 5.08. The van der Waals surface area contributed by atoms with Gasteiger partial charge in [-0.3, -0.25) is 9.59 Å². The van der Waals surface area contributed by atoms with Crippen molar-refractivity contribution in [2.75, 3.05) is 11.9 Å². The van der Waals surface area contributed by atoms with Crippen LogP contribution in [0.3, 0.4) is 0 Å². The minimum Gasteiger partial charge on any atom is -0.368 e. The second kappa shape index (κ2) is 8.87. The summed E-state index contributed by atoms with van der Waals surface area (Å²) >= 11 is 0. The summed E-state index contributed by atoms with van der Waals surface area (Å²) < 4.78 is 0. The molecule has 1 aromatic heterocycles. The van der Waals surface area contributed by atoms with Crippen molar-refractivity contribution in [2.24, 2.45) is 21.9 Å². The number of hydrogen-bond acceptors (Lipinski definition) is 8. The van der Waals surface area contributed by atoms with Crippen LogP contribution in [0.15, 0.2) is 11.2 Å². The molecule has 1 unspecified atom stereocenters. The Labute approximate surface area is 164 Å². The summed E-state index contributed by atoms with van der Waals surface area (Å²) in [5.41, 5.74) is 11.0. The van der Waals surface area contributed by atoms with E-state index in [1.54, 1.807) is 0 Å². The molecule has 2 rings (SSSR count). The first kappa shape index (κ1) is 21.4. The van der Waals surface area contributed by atoms with Crippen LogP contribution in [0.4, 0.5) is 11.6 Å². The third-order valence-corrected chi connectivity index (χ3v) is 4.03. The number of hydrogen-bond donors (Lipinski definition) is 5. The lowest BCUT2D eigenvalue weighted by Gasteiger charge is -2.25. The fourth-order valence-corrected chi connectivity index (χ4v) is 2.51. The van der Waals surface area contributed by atoms with Gasteiger partial charge >= 0.3 is 0 Å². The predicted octanol–water partition coefficient (Wildman–Crippen LogP) is 0.752. The van der Waals surface area contributed by atoms with E-state index in [0.29, 0.717) is 24.7 Å². The van der Waals surface area contributed by atoms with Crippen molar-refractivity contribution in [3.8, 4) is 0 Å².